The van der Waals surface area contributed by atoms with Crippen LogP contribution in [0.5, 0.6) is 0 Å². The summed E-state index contributed by atoms with van der Waals surface area (Å²) >= 11 is 1.48. The third-order valence-electron chi connectivity index (χ3n) is 5.13. The van der Waals surface area contributed by atoms with Crippen LogP contribution in [0.25, 0.3) is 5.57 Å². The van der Waals surface area contributed by atoms with E-state index in [0.29, 0.717) is 37.6 Å². The summed E-state index contributed by atoms with van der Waals surface area (Å²) in [6.07, 6.45) is 0. The zero-order valence-corrected chi connectivity index (χ0v) is 16.7. The molecule has 6 nitrogen and oxygen atoms in total. The third kappa shape index (κ3) is 3.61. The Kier molecular flexibility index (Phi) is 5.57. The molecule has 0 atom stereocenters. The molecule has 0 aliphatic carbocycles. The predicted molar refractivity (Wildman–Crippen MR) is 110 cm³/mol. The van der Waals surface area contributed by atoms with Gasteiger partial charge in [0.1, 0.15) is 5.70 Å². The van der Waals surface area contributed by atoms with Crippen molar-refractivity contribution in [3.63, 3.8) is 0 Å². The van der Waals surface area contributed by atoms with Crippen molar-refractivity contribution in [1.29, 1.82) is 0 Å². The first-order valence-corrected chi connectivity index (χ1v) is 10.3. The molecule has 1 fully saturated rings. The Balaban J connectivity index is 1.62. The maximum Gasteiger partial charge on any atom is 0.278 e. The number of hydrogen-bond acceptors (Lipinski definition) is 6. The Hall–Kier alpha value is -2.48. The first-order chi connectivity index (χ1) is 13.7. The summed E-state index contributed by atoms with van der Waals surface area (Å²) in [6, 6.07) is 13.5. The van der Waals surface area contributed by atoms with Crippen molar-refractivity contribution in [3.05, 3.63) is 58.4 Å². The van der Waals surface area contributed by atoms with E-state index < -0.39 is 0 Å². The molecule has 0 saturated carbocycles. The van der Waals surface area contributed by atoms with E-state index in [4.69, 9.17) is 4.74 Å². The number of amides is 2. The lowest BCUT2D eigenvalue weighted by molar-refractivity contribution is -0.137. The van der Waals surface area contributed by atoms with Gasteiger partial charge >= 0.3 is 0 Å². The fourth-order valence-electron chi connectivity index (χ4n) is 3.57. The van der Waals surface area contributed by atoms with Crippen molar-refractivity contribution in [2.24, 2.45) is 0 Å². The number of para-hydroxylation sites is 1. The van der Waals surface area contributed by atoms with Crippen LogP contribution in [0.4, 0.5) is 5.69 Å². The molecule has 2 aliphatic rings. The molecule has 0 radical (unpaired) electrons. The van der Waals surface area contributed by atoms with E-state index in [0.717, 1.165) is 23.7 Å². The van der Waals surface area contributed by atoms with E-state index in [9.17, 15) is 9.59 Å². The quantitative estimate of drug-likeness (QED) is 0.700. The molecule has 0 N–H and O–H groups in total. The Bertz CT molecular complexity index is 874. The lowest BCUT2D eigenvalue weighted by atomic mass is 10.1. The van der Waals surface area contributed by atoms with Crippen molar-refractivity contribution in [1.82, 2.24) is 9.80 Å². The number of rotatable bonds is 6. The fraction of sp³-hybridized carbons (Fsp3) is 0.333. The molecular weight excluding hydrogens is 374 g/mol. The SMILES string of the molecule is CN(C1=C(c2cccs2)C(=O)N(CCN2CCOCC2)C1=O)c1ccccc1. The minimum atomic E-state index is -0.229. The Morgan fingerprint density at radius 1 is 1.00 bits per heavy atom. The Morgan fingerprint density at radius 2 is 1.75 bits per heavy atom. The second-order valence-corrected chi connectivity index (χ2v) is 7.76. The summed E-state index contributed by atoms with van der Waals surface area (Å²) in [7, 11) is 1.84. The van der Waals surface area contributed by atoms with Crippen LogP contribution in [0.2, 0.25) is 0 Å². The summed E-state index contributed by atoms with van der Waals surface area (Å²) in [6.45, 7) is 4.11. The standard InChI is InChI=1S/C21H23N3O3S/c1-22(16-6-3-2-4-7-16)19-18(17-8-5-15-28-17)20(25)24(21(19)26)10-9-23-11-13-27-14-12-23/h2-8,15H,9-14H2,1H3. The first-order valence-electron chi connectivity index (χ1n) is 9.40. The molecule has 1 aromatic carbocycles. The molecule has 3 heterocycles. The maximum atomic E-state index is 13.3. The number of carbonyl (C=O) groups excluding carboxylic acids is 2. The molecule has 2 aromatic rings. The van der Waals surface area contributed by atoms with Crippen molar-refractivity contribution >= 4 is 34.4 Å². The van der Waals surface area contributed by atoms with Crippen molar-refractivity contribution in [3.8, 4) is 0 Å². The molecule has 1 saturated heterocycles. The smallest absolute Gasteiger partial charge is 0.278 e. The lowest BCUT2D eigenvalue weighted by Gasteiger charge is -2.28. The number of imide groups is 1. The zero-order chi connectivity index (χ0) is 19.5. The number of hydrogen-bond donors (Lipinski definition) is 0. The van der Waals surface area contributed by atoms with E-state index >= 15 is 0 Å². The van der Waals surface area contributed by atoms with Crippen LogP contribution < -0.4 is 4.90 Å². The van der Waals surface area contributed by atoms with Crippen molar-refractivity contribution in [2.75, 3.05) is 51.3 Å². The number of ether oxygens (including phenoxy) is 1. The monoisotopic (exact) mass is 397 g/mol. The van der Waals surface area contributed by atoms with Crippen LogP contribution in [-0.2, 0) is 14.3 Å². The largest absolute Gasteiger partial charge is 0.379 e. The number of nitrogens with zero attached hydrogens (tertiary/aromatic N) is 3. The molecule has 4 rings (SSSR count). The molecule has 0 unspecified atom stereocenters. The van der Waals surface area contributed by atoms with Crippen LogP contribution in [0.3, 0.4) is 0 Å². The highest BCUT2D eigenvalue weighted by atomic mass is 32.1. The van der Waals surface area contributed by atoms with Gasteiger partial charge in [-0.15, -0.1) is 11.3 Å². The summed E-state index contributed by atoms with van der Waals surface area (Å²) in [5.74, 6) is -0.438. The summed E-state index contributed by atoms with van der Waals surface area (Å²) < 4.78 is 5.37. The average molecular weight is 398 g/mol. The van der Waals surface area contributed by atoms with Crippen LogP contribution in [0, 0.1) is 0 Å². The minimum absolute atomic E-state index is 0.210. The Labute approximate surface area is 168 Å². The van der Waals surface area contributed by atoms with Crippen LogP contribution in [-0.4, -0.2) is 68.1 Å². The van der Waals surface area contributed by atoms with E-state index in [1.165, 1.54) is 16.2 Å². The molecule has 146 valence electrons. The van der Waals surface area contributed by atoms with Gasteiger partial charge in [-0.1, -0.05) is 24.3 Å². The lowest BCUT2D eigenvalue weighted by Crippen LogP contribution is -2.44. The topological polar surface area (TPSA) is 53.1 Å². The highest BCUT2D eigenvalue weighted by molar-refractivity contribution is 7.11. The maximum absolute atomic E-state index is 13.3. The van der Waals surface area contributed by atoms with E-state index in [1.807, 2.05) is 59.8 Å². The van der Waals surface area contributed by atoms with Crippen LogP contribution >= 0.6 is 11.3 Å². The second-order valence-electron chi connectivity index (χ2n) is 6.81. The Morgan fingerprint density at radius 3 is 2.43 bits per heavy atom. The molecule has 0 bridgehead atoms. The third-order valence-corrected chi connectivity index (χ3v) is 6.02. The van der Waals surface area contributed by atoms with Gasteiger partial charge in [-0.05, 0) is 23.6 Å². The number of benzene rings is 1. The highest BCUT2D eigenvalue weighted by Crippen LogP contribution is 2.35. The molecule has 2 aliphatic heterocycles. The van der Waals surface area contributed by atoms with Gasteiger partial charge < -0.3 is 9.64 Å². The van der Waals surface area contributed by atoms with Gasteiger partial charge in [0.15, 0.2) is 0 Å². The molecular formula is C21H23N3O3S. The second kappa shape index (κ2) is 8.26. The number of thiophene rings is 1. The minimum Gasteiger partial charge on any atom is -0.379 e. The van der Waals surface area contributed by atoms with Crippen molar-refractivity contribution < 1.29 is 14.3 Å². The van der Waals surface area contributed by atoms with Crippen LogP contribution in [0.15, 0.2) is 53.5 Å². The van der Waals surface area contributed by atoms with Gasteiger partial charge in [-0.3, -0.25) is 19.4 Å². The van der Waals surface area contributed by atoms with Gasteiger partial charge in [0.05, 0.1) is 18.8 Å². The summed E-state index contributed by atoms with van der Waals surface area (Å²) in [5, 5.41) is 1.93. The first kappa shape index (κ1) is 18.9. The number of morpholine rings is 1. The van der Waals surface area contributed by atoms with E-state index in [1.54, 1.807) is 0 Å². The van der Waals surface area contributed by atoms with Gasteiger partial charge in [0.2, 0.25) is 0 Å². The molecule has 7 heteroatoms. The van der Waals surface area contributed by atoms with Gasteiger partial charge in [0, 0.05) is 43.8 Å². The molecule has 0 spiro atoms. The normalized spacial score (nSPS) is 18.2. The van der Waals surface area contributed by atoms with Crippen LogP contribution in [0.1, 0.15) is 4.88 Å². The molecule has 1 aromatic heterocycles. The number of likely N-dealkylation sites (N-methyl/N-ethyl adjacent to an activating group) is 1. The van der Waals surface area contributed by atoms with E-state index in [2.05, 4.69) is 4.90 Å². The van der Waals surface area contributed by atoms with Gasteiger partial charge in [0.25, 0.3) is 11.8 Å². The fourth-order valence-corrected chi connectivity index (χ4v) is 4.33. The average Bonchev–Trinajstić information content (AvgIpc) is 3.34. The number of carbonyl (C=O) groups is 2. The number of anilines is 1. The van der Waals surface area contributed by atoms with Gasteiger partial charge in [-0.2, -0.15) is 0 Å². The van der Waals surface area contributed by atoms with Gasteiger partial charge in [-0.25, -0.2) is 0 Å². The molecule has 2 amide bonds. The summed E-state index contributed by atoms with van der Waals surface area (Å²) in [5.41, 5.74) is 1.82. The summed E-state index contributed by atoms with van der Waals surface area (Å²) in [4.78, 5) is 32.8. The highest BCUT2D eigenvalue weighted by Gasteiger charge is 2.41. The van der Waals surface area contributed by atoms with E-state index in [-0.39, 0.29) is 11.8 Å². The van der Waals surface area contributed by atoms with Crippen molar-refractivity contribution in [2.45, 2.75) is 0 Å². The molecule has 28 heavy (non-hydrogen) atoms. The zero-order valence-electron chi connectivity index (χ0n) is 15.8. The predicted octanol–water partition coefficient (Wildman–Crippen LogP) is 2.30.